The van der Waals surface area contributed by atoms with Crippen LogP contribution in [0, 0.1) is 0 Å². The molecular weight excluding hydrogens is 551 g/mol. The lowest BCUT2D eigenvalue weighted by molar-refractivity contribution is 0.461. The molecule has 6 heteroatoms. The Kier molecular flexibility index (Phi) is 4.60. The van der Waals surface area contributed by atoms with E-state index in [9.17, 15) is 0 Å². The number of para-hydroxylation sites is 3. The van der Waals surface area contributed by atoms with Crippen LogP contribution in [0.25, 0.3) is 11.0 Å². The van der Waals surface area contributed by atoms with Crippen molar-refractivity contribution in [2.75, 3.05) is 32.7 Å². The van der Waals surface area contributed by atoms with Crippen molar-refractivity contribution < 1.29 is 4.42 Å². The van der Waals surface area contributed by atoms with Gasteiger partial charge >= 0.3 is 0 Å². The molecule has 0 radical (unpaired) electrons. The molecule has 6 heterocycles. The Bertz CT molecular complexity index is 2190. The fourth-order valence-corrected chi connectivity index (χ4v) is 9.52. The fourth-order valence-electron chi connectivity index (χ4n) is 9.52. The summed E-state index contributed by atoms with van der Waals surface area (Å²) in [6.07, 6.45) is 5.11. The van der Waals surface area contributed by atoms with E-state index in [-0.39, 0.29) is 12.4 Å². The lowest BCUT2D eigenvalue weighted by Crippen LogP contribution is -2.61. The van der Waals surface area contributed by atoms with Crippen LogP contribution in [-0.2, 0) is 0 Å². The number of benzene rings is 5. The Morgan fingerprint density at radius 2 is 1.27 bits per heavy atom. The summed E-state index contributed by atoms with van der Waals surface area (Å²) < 4.78 is 6.77. The lowest BCUT2D eigenvalue weighted by Gasteiger charge is -2.42. The zero-order valence-electron chi connectivity index (χ0n) is 25.0. The Labute approximate surface area is 263 Å². The van der Waals surface area contributed by atoms with Crippen LogP contribution in [-0.4, -0.2) is 25.5 Å². The molecule has 1 aromatic heterocycles. The summed E-state index contributed by atoms with van der Waals surface area (Å²) in [5.41, 5.74) is 13.8. The normalized spacial score (nSPS) is 20.2. The van der Waals surface area contributed by atoms with Crippen LogP contribution < -0.4 is 36.0 Å². The molecule has 1 unspecified atom stereocenters. The van der Waals surface area contributed by atoms with Crippen molar-refractivity contribution in [1.29, 1.82) is 0 Å². The number of anilines is 8. The predicted octanol–water partition coefficient (Wildman–Crippen LogP) is 7.43. The average molecular weight is 583 g/mol. The lowest BCUT2D eigenvalue weighted by atomic mass is 9.33. The minimum Gasteiger partial charge on any atom is -0.440 e. The van der Waals surface area contributed by atoms with E-state index in [1.54, 1.807) is 0 Å². The van der Waals surface area contributed by atoms with Gasteiger partial charge in [0, 0.05) is 52.4 Å². The zero-order chi connectivity index (χ0) is 29.3. The van der Waals surface area contributed by atoms with Gasteiger partial charge in [0.05, 0.1) is 11.4 Å². The Morgan fingerprint density at radius 1 is 0.556 bits per heavy atom. The van der Waals surface area contributed by atoms with Gasteiger partial charge in [-0.15, -0.1) is 0 Å². The highest BCUT2D eigenvalue weighted by molar-refractivity contribution is 7.01. The van der Waals surface area contributed by atoms with Crippen molar-refractivity contribution in [3.63, 3.8) is 0 Å². The van der Waals surface area contributed by atoms with Crippen molar-refractivity contribution in [1.82, 2.24) is 0 Å². The second-order valence-electron chi connectivity index (χ2n) is 13.2. The van der Waals surface area contributed by atoms with E-state index in [4.69, 9.17) is 4.42 Å². The average Bonchev–Trinajstić information content (AvgIpc) is 3.85. The minimum atomic E-state index is 0.0593. The van der Waals surface area contributed by atoms with Gasteiger partial charge in [0.1, 0.15) is 11.2 Å². The second-order valence-corrected chi connectivity index (χ2v) is 13.2. The van der Waals surface area contributed by atoms with Gasteiger partial charge in [0.2, 0.25) is 5.88 Å². The van der Waals surface area contributed by atoms with Gasteiger partial charge < -0.3 is 19.1 Å². The van der Waals surface area contributed by atoms with E-state index in [2.05, 4.69) is 135 Å². The van der Waals surface area contributed by atoms with Gasteiger partial charge in [-0.05, 0) is 91.2 Å². The van der Waals surface area contributed by atoms with Gasteiger partial charge in [-0.25, -0.2) is 0 Å². The molecule has 11 rings (SSSR count). The van der Waals surface area contributed by atoms with E-state index in [1.807, 2.05) is 0 Å². The quantitative estimate of drug-likeness (QED) is 0.198. The zero-order valence-corrected chi connectivity index (χ0v) is 25.0. The molecule has 5 aliphatic heterocycles. The summed E-state index contributed by atoms with van der Waals surface area (Å²) in [5.74, 6) is 0.915. The SMILES string of the molecule is c1ccc(N2c3cccc4c3B(c3ccccc3N4c3ccc4c(c3)N3CCCC35CCCN45)c3c2oc2ccccc32)cc1. The Morgan fingerprint density at radius 3 is 2.13 bits per heavy atom. The molecule has 0 saturated carbocycles. The van der Waals surface area contributed by atoms with Gasteiger partial charge in [-0.1, -0.05) is 60.7 Å². The van der Waals surface area contributed by atoms with Crippen LogP contribution in [0.1, 0.15) is 25.7 Å². The maximum absolute atomic E-state index is 6.77. The van der Waals surface area contributed by atoms with E-state index in [0.29, 0.717) is 0 Å². The summed E-state index contributed by atoms with van der Waals surface area (Å²) in [7, 11) is 0. The molecule has 5 aliphatic rings. The molecule has 0 aliphatic carbocycles. The van der Waals surface area contributed by atoms with Crippen molar-refractivity contribution in [2.24, 2.45) is 0 Å². The van der Waals surface area contributed by atoms with Crippen LogP contribution in [0.3, 0.4) is 0 Å². The van der Waals surface area contributed by atoms with Crippen molar-refractivity contribution in [3.05, 3.63) is 115 Å². The van der Waals surface area contributed by atoms with Crippen molar-refractivity contribution >= 4 is 79.8 Å². The molecule has 6 aromatic rings. The van der Waals surface area contributed by atoms with Gasteiger partial charge in [0.25, 0.3) is 6.71 Å². The molecule has 1 spiro atoms. The van der Waals surface area contributed by atoms with Crippen LogP contribution in [0.2, 0.25) is 0 Å². The van der Waals surface area contributed by atoms with Gasteiger partial charge in [-0.3, -0.25) is 4.90 Å². The van der Waals surface area contributed by atoms with Gasteiger partial charge in [0.15, 0.2) is 0 Å². The highest BCUT2D eigenvalue weighted by atomic mass is 16.4. The maximum atomic E-state index is 6.77. The van der Waals surface area contributed by atoms with Crippen molar-refractivity contribution in [3.8, 4) is 0 Å². The first-order valence-corrected chi connectivity index (χ1v) is 16.4. The largest absolute Gasteiger partial charge is 0.440 e. The highest BCUT2D eigenvalue weighted by Crippen LogP contribution is 2.56. The standard InChI is InChI=1S/C39H31BN4O/c1-2-11-26(12-3-1)44-33-17-8-16-32-37(33)40(36-28-13-4-7-18-35(28)45-38(36)44)29-14-5-6-15-30(29)43(32)27-19-20-31-34(25-27)42-24-10-22-39(42)21-9-23-41(31)39/h1-8,11-20,25H,9-10,21-24H2. The van der Waals surface area contributed by atoms with Crippen LogP contribution in [0.5, 0.6) is 0 Å². The molecule has 5 nitrogen and oxygen atoms in total. The first-order valence-electron chi connectivity index (χ1n) is 16.4. The first kappa shape index (κ1) is 24.3. The molecule has 45 heavy (non-hydrogen) atoms. The topological polar surface area (TPSA) is 26.1 Å². The number of rotatable bonds is 2. The van der Waals surface area contributed by atoms with Crippen LogP contribution in [0.4, 0.5) is 45.7 Å². The molecule has 0 N–H and O–H groups in total. The molecule has 216 valence electrons. The molecule has 1 atom stereocenters. The highest BCUT2D eigenvalue weighted by Gasteiger charge is 2.54. The van der Waals surface area contributed by atoms with Gasteiger partial charge in [-0.2, -0.15) is 0 Å². The smallest absolute Gasteiger partial charge is 0.257 e. The van der Waals surface area contributed by atoms with E-state index >= 15 is 0 Å². The number of furan rings is 1. The molecule has 2 saturated heterocycles. The third-order valence-corrected chi connectivity index (χ3v) is 11.2. The molecule has 5 aromatic carbocycles. The van der Waals surface area contributed by atoms with E-state index in [1.165, 1.54) is 88.1 Å². The summed E-state index contributed by atoms with van der Waals surface area (Å²) in [6, 6.07) is 42.3. The van der Waals surface area contributed by atoms with Crippen LogP contribution >= 0.6 is 0 Å². The maximum Gasteiger partial charge on any atom is 0.257 e. The monoisotopic (exact) mass is 582 g/mol. The molecule has 2 fully saturated rings. The summed E-state index contributed by atoms with van der Waals surface area (Å²) in [4.78, 5) is 10.3. The van der Waals surface area contributed by atoms with E-state index in [0.717, 1.165) is 23.7 Å². The summed E-state index contributed by atoms with van der Waals surface area (Å²) in [5, 5.41) is 1.18. The number of nitrogens with zero attached hydrogens (tertiary/aromatic N) is 4. The third-order valence-electron chi connectivity index (χ3n) is 11.2. The molecule has 0 amide bonds. The number of fused-ring (bicyclic) bond motifs is 9. The number of hydrogen-bond donors (Lipinski definition) is 0. The van der Waals surface area contributed by atoms with E-state index < -0.39 is 0 Å². The van der Waals surface area contributed by atoms with Crippen molar-refractivity contribution in [2.45, 2.75) is 31.3 Å². The molecular formula is C39H31BN4O. The second kappa shape index (κ2) is 8.54. The summed E-state index contributed by atoms with van der Waals surface area (Å²) >= 11 is 0. The summed E-state index contributed by atoms with van der Waals surface area (Å²) in [6.45, 7) is 2.37. The van der Waals surface area contributed by atoms with Crippen LogP contribution in [0.15, 0.2) is 120 Å². The predicted molar refractivity (Wildman–Crippen MR) is 186 cm³/mol. The number of hydrogen-bond acceptors (Lipinski definition) is 5. The fraction of sp³-hybridized carbons (Fsp3) is 0.179. The molecule has 0 bridgehead atoms. The minimum absolute atomic E-state index is 0.0593. The first-order chi connectivity index (χ1) is 22.3. The Balaban J connectivity index is 1.18. The third kappa shape index (κ3) is 2.96. The Hall–Kier alpha value is -5.10.